The molecule has 0 spiro atoms. The van der Waals surface area contributed by atoms with E-state index < -0.39 is 10.1 Å². The predicted octanol–water partition coefficient (Wildman–Crippen LogP) is 3.09. The molecule has 1 aromatic heterocycles. The van der Waals surface area contributed by atoms with Crippen LogP contribution in [0, 0.1) is 0 Å². The summed E-state index contributed by atoms with van der Waals surface area (Å²) in [5.41, 5.74) is 0.478. The molecule has 3 rings (SSSR count). The van der Waals surface area contributed by atoms with Crippen molar-refractivity contribution in [2.75, 3.05) is 19.4 Å². The normalized spacial score (nSPS) is 17.0. The van der Waals surface area contributed by atoms with Gasteiger partial charge in [0.1, 0.15) is 5.75 Å². The number of rotatable bonds is 7. The Hall–Kier alpha value is -2.03. The first-order valence-electron chi connectivity index (χ1n) is 8.44. The number of carbonyl (C=O) groups excluding carboxylic acids is 1. The second-order valence-electron chi connectivity index (χ2n) is 6.34. The number of hydrogen-bond acceptors (Lipinski definition) is 6. The second-order valence-corrected chi connectivity index (χ2v) is 8.35. The average Bonchev–Trinajstić information content (AvgIpc) is 3.28. The van der Waals surface area contributed by atoms with Crippen molar-refractivity contribution in [1.82, 2.24) is 4.90 Å². The molecule has 0 aliphatic carbocycles. The van der Waals surface area contributed by atoms with Crippen LogP contribution in [0.2, 0.25) is 5.02 Å². The van der Waals surface area contributed by atoms with Crippen molar-refractivity contribution >= 4 is 27.6 Å². The lowest BCUT2D eigenvalue weighted by Gasteiger charge is -2.25. The fourth-order valence-corrected chi connectivity index (χ4v) is 3.61. The molecule has 1 fully saturated rings. The molecule has 146 valence electrons. The zero-order valence-electron chi connectivity index (χ0n) is 14.8. The summed E-state index contributed by atoms with van der Waals surface area (Å²) < 4.78 is 39.0. The number of halogens is 1. The first kappa shape index (κ1) is 19.7. The van der Waals surface area contributed by atoms with Crippen molar-refractivity contribution in [3.63, 3.8) is 0 Å². The monoisotopic (exact) mass is 413 g/mol. The third-order valence-electron chi connectivity index (χ3n) is 4.09. The Labute approximate surface area is 162 Å². The Morgan fingerprint density at radius 3 is 2.81 bits per heavy atom. The highest BCUT2D eigenvalue weighted by molar-refractivity contribution is 7.86. The average molecular weight is 414 g/mol. The highest BCUT2D eigenvalue weighted by atomic mass is 35.5. The number of benzene rings is 1. The summed E-state index contributed by atoms with van der Waals surface area (Å²) in [5, 5.41) is 0.411. The molecule has 2 aromatic rings. The summed E-state index contributed by atoms with van der Waals surface area (Å²) in [6, 6.07) is 7.80. The van der Waals surface area contributed by atoms with Crippen LogP contribution in [0.25, 0.3) is 0 Å². The molecule has 9 heteroatoms. The summed E-state index contributed by atoms with van der Waals surface area (Å²) in [6.45, 7) is 1.11. The van der Waals surface area contributed by atoms with Crippen LogP contribution in [-0.2, 0) is 21.4 Å². The number of hydrogen-bond donors (Lipinski definition) is 0. The van der Waals surface area contributed by atoms with Gasteiger partial charge in [-0.3, -0.25) is 4.79 Å². The van der Waals surface area contributed by atoms with Gasteiger partial charge in [-0.25, -0.2) is 0 Å². The van der Waals surface area contributed by atoms with Gasteiger partial charge in [0.25, 0.3) is 5.91 Å². The maximum Gasteiger partial charge on any atom is 0.306 e. The van der Waals surface area contributed by atoms with Crippen LogP contribution >= 0.6 is 11.6 Å². The zero-order valence-corrected chi connectivity index (χ0v) is 16.3. The molecular formula is C18H20ClNO6S. The Balaban J connectivity index is 1.88. The SMILES string of the molecule is CS(=O)(=O)Oc1ccc(Cl)cc1CN(C[C@H]1CCCO1)C(=O)c1ccco1. The van der Waals surface area contributed by atoms with Crippen LogP contribution in [0.1, 0.15) is 29.0 Å². The predicted molar refractivity (Wildman–Crippen MR) is 99.3 cm³/mol. The standard InChI is InChI=1S/C18H20ClNO6S/c1-27(22,23)26-16-7-6-14(19)10-13(16)11-20(12-15-4-2-8-24-15)18(21)17-5-3-9-25-17/h3,5-7,9-10,15H,2,4,8,11-12H2,1H3/t15-/m1/s1. The summed E-state index contributed by atoms with van der Waals surface area (Å²) >= 11 is 6.07. The lowest BCUT2D eigenvalue weighted by Crippen LogP contribution is -2.37. The van der Waals surface area contributed by atoms with E-state index in [-0.39, 0.29) is 30.1 Å². The topological polar surface area (TPSA) is 86.0 Å². The van der Waals surface area contributed by atoms with Crippen molar-refractivity contribution in [2.45, 2.75) is 25.5 Å². The smallest absolute Gasteiger partial charge is 0.306 e. The van der Waals surface area contributed by atoms with Crippen LogP contribution in [0.3, 0.4) is 0 Å². The molecule has 1 aromatic carbocycles. The van der Waals surface area contributed by atoms with Gasteiger partial charge in [0.15, 0.2) is 5.76 Å². The van der Waals surface area contributed by atoms with E-state index >= 15 is 0 Å². The summed E-state index contributed by atoms with van der Waals surface area (Å²) in [7, 11) is -3.72. The summed E-state index contributed by atoms with van der Waals surface area (Å²) in [6.07, 6.45) is 4.10. The van der Waals surface area contributed by atoms with Gasteiger partial charge in [0.05, 0.1) is 18.6 Å². The van der Waals surface area contributed by atoms with Crippen LogP contribution in [-0.4, -0.2) is 44.7 Å². The zero-order chi connectivity index (χ0) is 19.4. The molecule has 1 aliphatic heterocycles. The summed E-state index contributed by atoms with van der Waals surface area (Å²) in [5.74, 6) is 0.00729. The molecule has 1 atom stereocenters. The number of furan rings is 1. The number of amides is 1. The van der Waals surface area contributed by atoms with E-state index in [0.717, 1.165) is 19.1 Å². The molecule has 1 saturated heterocycles. The van der Waals surface area contributed by atoms with Crippen LogP contribution in [0.15, 0.2) is 41.0 Å². The van der Waals surface area contributed by atoms with Gasteiger partial charge in [-0.05, 0) is 43.2 Å². The van der Waals surface area contributed by atoms with Gasteiger partial charge >= 0.3 is 10.1 Å². The lowest BCUT2D eigenvalue weighted by molar-refractivity contribution is 0.0483. The van der Waals surface area contributed by atoms with Gasteiger partial charge in [0.2, 0.25) is 0 Å². The Morgan fingerprint density at radius 2 is 2.19 bits per heavy atom. The molecule has 0 radical (unpaired) electrons. The summed E-state index contributed by atoms with van der Waals surface area (Å²) in [4.78, 5) is 14.4. The van der Waals surface area contributed by atoms with Crippen LogP contribution < -0.4 is 4.18 Å². The van der Waals surface area contributed by atoms with E-state index in [1.807, 2.05) is 0 Å². The molecule has 1 amide bonds. The molecule has 27 heavy (non-hydrogen) atoms. The van der Waals surface area contributed by atoms with E-state index in [1.165, 1.54) is 18.4 Å². The van der Waals surface area contributed by atoms with E-state index in [1.54, 1.807) is 23.1 Å². The minimum absolute atomic E-state index is 0.0811. The van der Waals surface area contributed by atoms with Gasteiger partial charge in [-0.2, -0.15) is 8.42 Å². The Kier molecular flexibility index (Phi) is 6.08. The molecule has 1 aliphatic rings. The van der Waals surface area contributed by atoms with Crippen molar-refractivity contribution in [1.29, 1.82) is 0 Å². The fraction of sp³-hybridized carbons (Fsp3) is 0.389. The fourth-order valence-electron chi connectivity index (χ4n) is 2.93. The minimum Gasteiger partial charge on any atom is -0.459 e. The van der Waals surface area contributed by atoms with Gasteiger partial charge in [0, 0.05) is 30.3 Å². The largest absolute Gasteiger partial charge is 0.459 e. The van der Waals surface area contributed by atoms with Gasteiger partial charge < -0.3 is 18.2 Å². The van der Waals surface area contributed by atoms with Crippen molar-refractivity contribution in [3.8, 4) is 5.75 Å². The van der Waals surface area contributed by atoms with E-state index in [0.29, 0.717) is 23.7 Å². The number of nitrogens with zero attached hydrogens (tertiary/aromatic N) is 1. The second kappa shape index (κ2) is 8.33. The molecule has 0 unspecified atom stereocenters. The maximum atomic E-state index is 12.9. The highest BCUT2D eigenvalue weighted by Crippen LogP contribution is 2.27. The quantitative estimate of drug-likeness (QED) is 0.648. The third kappa shape index (κ3) is 5.47. The van der Waals surface area contributed by atoms with Crippen LogP contribution in [0.4, 0.5) is 0 Å². The van der Waals surface area contributed by atoms with E-state index in [9.17, 15) is 13.2 Å². The molecule has 0 N–H and O–H groups in total. The van der Waals surface area contributed by atoms with Crippen LogP contribution in [0.5, 0.6) is 5.75 Å². The number of ether oxygens (including phenoxy) is 1. The van der Waals surface area contributed by atoms with Gasteiger partial charge in [-0.1, -0.05) is 11.6 Å². The molecule has 2 heterocycles. The lowest BCUT2D eigenvalue weighted by atomic mass is 10.1. The first-order valence-corrected chi connectivity index (χ1v) is 10.6. The molecule has 7 nitrogen and oxygen atoms in total. The first-order chi connectivity index (χ1) is 12.8. The Morgan fingerprint density at radius 1 is 1.37 bits per heavy atom. The van der Waals surface area contributed by atoms with Crippen molar-refractivity contribution in [2.24, 2.45) is 0 Å². The molecule has 0 saturated carbocycles. The Bertz CT molecular complexity index is 891. The highest BCUT2D eigenvalue weighted by Gasteiger charge is 2.26. The third-order valence-corrected chi connectivity index (χ3v) is 4.81. The minimum atomic E-state index is -3.72. The number of carbonyl (C=O) groups is 1. The van der Waals surface area contributed by atoms with Crippen molar-refractivity contribution < 1.29 is 26.5 Å². The van der Waals surface area contributed by atoms with Gasteiger partial charge in [-0.15, -0.1) is 0 Å². The molecule has 0 bridgehead atoms. The maximum absolute atomic E-state index is 12.9. The molecular weight excluding hydrogens is 394 g/mol. The van der Waals surface area contributed by atoms with E-state index in [4.69, 9.17) is 24.9 Å². The van der Waals surface area contributed by atoms with E-state index in [2.05, 4.69) is 0 Å². The van der Waals surface area contributed by atoms with Crippen molar-refractivity contribution in [3.05, 3.63) is 52.9 Å².